The maximum Gasteiger partial charge on any atom is 0.251 e. The normalized spacial score (nSPS) is 21.8. The minimum atomic E-state index is -0.0235. The summed E-state index contributed by atoms with van der Waals surface area (Å²) in [5.74, 6) is 0.940. The van der Waals surface area contributed by atoms with Crippen LogP contribution in [0.15, 0.2) is 36.5 Å². The van der Waals surface area contributed by atoms with Gasteiger partial charge in [-0.1, -0.05) is 12.1 Å². The minimum Gasteiger partial charge on any atom is -0.372 e. The van der Waals surface area contributed by atoms with Crippen molar-refractivity contribution in [1.82, 2.24) is 10.3 Å². The molecule has 1 aromatic heterocycles. The van der Waals surface area contributed by atoms with Gasteiger partial charge in [-0.25, -0.2) is 4.98 Å². The Morgan fingerprint density at radius 1 is 1.15 bits per heavy atom. The summed E-state index contributed by atoms with van der Waals surface area (Å²) in [5.41, 5.74) is 4.46. The SMILES string of the molecule is C[C@@H]1CN(c2ccc(CNC(=O)c3ccc4c(c3)CCC4)cn2)C[C@H](C)O1. The molecule has 0 saturated carbocycles. The summed E-state index contributed by atoms with van der Waals surface area (Å²) < 4.78 is 5.78. The molecular weight excluding hydrogens is 338 g/mol. The van der Waals surface area contributed by atoms with Crippen molar-refractivity contribution >= 4 is 11.7 Å². The van der Waals surface area contributed by atoms with Crippen molar-refractivity contribution in [3.05, 3.63) is 58.8 Å². The van der Waals surface area contributed by atoms with E-state index in [1.807, 2.05) is 30.5 Å². The van der Waals surface area contributed by atoms with Gasteiger partial charge >= 0.3 is 0 Å². The number of aryl methyl sites for hydroxylation is 2. The van der Waals surface area contributed by atoms with Crippen LogP contribution in [-0.4, -0.2) is 36.2 Å². The number of aromatic nitrogens is 1. The van der Waals surface area contributed by atoms with E-state index >= 15 is 0 Å². The number of hydrogen-bond donors (Lipinski definition) is 1. The highest BCUT2D eigenvalue weighted by atomic mass is 16.5. The molecule has 2 aliphatic rings. The van der Waals surface area contributed by atoms with Gasteiger partial charge in [-0.3, -0.25) is 4.79 Å². The second-order valence-electron chi connectivity index (χ2n) is 7.71. The Morgan fingerprint density at radius 3 is 2.67 bits per heavy atom. The Bertz CT molecular complexity index is 809. The fourth-order valence-electron chi connectivity index (χ4n) is 4.07. The Balaban J connectivity index is 1.35. The fraction of sp³-hybridized carbons (Fsp3) is 0.455. The average molecular weight is 365 g/mol. The number of rotatable bonds is 4. The molecule has 5 nitrogen and oxygen atoms in total. The number of carbonyl (C=O) groups excluding carboxylic acids is 1. The molecule has 1 aliphatic carbocycles. The topological polar surface area (TPSA) is 54.5 Å². The molecule has 2 atom stereocenters. The zero-order valence-electron chi connectivity index (χ0n) is 16.1. The highest BCUT2D eigenvalue weighted by Crippen LogP contribution is 2.23. The third-order valence-corrected chi connectivity index (χ3v) is 5.37. The minimum absolute atomic E-state index is 0.0235. The first-order chi connectivity index (χ1) is 13.1. The van der Waals surface area contributed by atoms with E-state index in [9.17, 15) is 4.79 Å². The van der Waals surface area contributed by atoms with Crippen molar-refractivity contribution in [3.63, 3.8) is 0 Å². The highest BCUT2D eigenvalue weighted by Gasteiger charge is 2.23. The lowest BCUT2D eigenvalue weighted by Crippen LogP contribution is -2.45. The highest BCUT2D eigenvalue weighted by molar-refractivity contribution is 5.94. The predicted molar refractivity (Wildman–Crippen MR) is 106 cm³/mol. The summed E-state index contributed by atoms with van der Waals surface area (Å²) in [5, 5.41) is 3.01. The van der Waals surface area contributed by atoms with Gasteiger partial charge in [0.1, 0.15) is 5.82 Å². The van der Waals surface area contributed by atoms with E-state index in [0.29, 0.717) is 6.54 Å². The summed E-state index contributed by atoms with van der Waals surface area (Å²) in [6, 6.07) is 10.1. The van der Waals surface area contributed by atoms with Gasteiger partial charge in [0.15, 0.2) is 0 Å². The van der Waals surface area contributed by atoms with Crippen LogP contribution in [0.2, 0.25) is 0 Å². The number of ether oxygens (including phenoxy) is 1. The first-order valence-electron chi connectivity index (χ1n) is 9.84. The lowest BCUT2D eigenvalue weighted by Gasteiger charge is -2.36. The predicted octanol–water partition coefficient (Wildman–Crippen LogP) is 3.11. The summed E-state index contributed by atoms with van der Waals surface area (Å²) in [4.78, 5) is 19.3. The largest absolute Gasteiger partial charge is 0.372 e. The molecule has 0 spiro atoms. The van der Waals surface area contributed by atoms with Crippen LogP contribution < -0.4 is 10.2 Å². The number of anilines is 1. The van der Waals surface area contributed by atoms with Gasteiger partial charge in [0.25, 0.3) is 5.91 Å². The number of hydrogen-bond acceptors (Lipinski definition) is 4. The molecule has 1 saturated heterocycles. The molecule has 2 heterocycles. The van der Waals surface area contributed by atoms with Crippen molar-refractivity contribution in [2.24, 2.45) is 0 Å². The number of carbonyl (C=O) groups is 1. The Hall–Kier alpha value is -2.40. The number of morpholine rings is 1. The molecule has 142 valence electrons. The van der Waals surface area contributed by atoms with E-state index < -0.39 is 0 Å². The molecule has 2 aromatic rings. The summed E-state index contributed by atoms with van der Waals surface area (Å²) in [6.45, 7) is 6.37. The number of nitrogens with one attached hydrogen (secondary N) is 1. The second-order valence-corrected chi connectivity index (χ2v) is 7.71. The molecule has 1 aromatic carbocycles. The number of benzene rings is 1. The molecule has 1 amide bonds. The van der Waals surface area contributed by atoms with Gasteiger partial charge in [-0.2, -0.15) is 0 Å². The number of nitrogens with zero attached hydrogens (tertiary/aromatic N) is 2. The molecule has 0 radical (unpaired) electrons. The molecule has 27 heavy (non-hydrogen) atoms. The monoisotopic (exact) mass is 365 g/mol. The molecular formula is C22H27N3O2. The van der Waals surface area contributed by atoms with Crippen LogP contribution in [0.25, 0.3) is 0 Å². The van der Waals surface area contributed by atoms with E-state index in [2.05, 4.69) is 35.1 Å². The molecule has 4 rings (SSSR count). The lowest BCUT2D eigenvalue weighted by atomic mass is 10.1. The van der Waals surface area contributed by atoms with E-state index in [4.69, 9.17) is 4.74 Å². The van der Waals surface area contributed by atoms with E-state index in [1.165, 1.54) is 17.5 Å². The van der Waals surface area contributed by atoms with Gasteiger partial charge in [-0.15, -0.1) is 0 Å². The Kier molecular flexibility index (Phi) is 5.12. The zero-order chi connectivity index (χ0) is 18.8. The summed E-state index contributed by atoms with van der Waals surface area (Å²) in [6.07, 6.45) is 5.68. The van der Waals surface area contributed by atoms with Gasteiger partial charge < -0.3 is 15.0 Å². The summed E-state index contributed by atoms with van der Waals surface area (Å²) in [7, 11) is 0. The molecule has 1 fully saturated rings. The quantitative estimate of drug-likeness (QED) is 0.905. The van der Waals surface area contributed by atoms with Crippen LogP contribution in [0.3, 0.4) is 0 Å². The Labute approximate surface area is 160 Å². The first kappa shape index (κ1) is 18.0. The average Bonchev–Trinajstić information content (AvgIpc) is 3.13. The molecule has 1 N–H and O–H groups in total. The molecule has 0 bridgehead atoms. The number of pyridine rings is 1. The first-order valence-corrected chi connectivity index (χ1v) is 9.84. The third-order valence-electron chi connectivity index (χ3n) is 5.37. The third kappa shape index (κ3) is 4.14. The van der Waals surface area contributed by atoms with Crippen LogP contribution in [0, 0.1) is 0 Å². The smallest absolute Gasteiger partial charge is 0.251 e. The van der Waals surface area contributed by atoms with Crippen LogP contribution in [-0.2, 0) is 24.1 Å². The standard InChI is InChI=1S/C22H27N3O2/c1-15-13-25(14-16(2)27-15)21-9-6-17(11-23-21)12-24-22(26)20-8-7-18-4-3-5-19(18)10-20/h6-11,15-16H,3-5,12-14H2,1-2H3,(H,24,26)/t15-,16+. The van der Waals surface area contributed by atoms with Gasteiger partial charge in [0.05, 0.1) is 12.2 Å². The van der Waals surface area contributed by atoms with Crippen LogP contribution in [0.5, 0.6) is 0 Å². The van der Waals surface area contributed by atoms with Gasteiger partial charge in [-0.05, 0) is 68.0 Å². The van der Waals surface area contributed by atoms with Gasteiger partial charge in [0.2, 0.25) is 0 Å². The zero-order valence-corrected chi connectivity index (χ0v) is 16.1. The van der Waals surface area contributed by atoms with Crippen molar-refractivity contribution in [2.75, 3.05) is 18.0 Å². The lowest BCUT2D eigenvalue weighted by molar-refractivity contribution is -0.00546. The van der Waals surface area contributed by atoms with Crippen LogP contribution >= 0.6 is 0 Å². The van der Waals surface area contributed by atoms with Crippen molar-refractivity contribution < 1.29 is 9.53 Å². The van der Waals surface area contributed by atoms with E-state index in [0.717, 1.165) is 42.9 Å². The molecule has 1 aliphatic heterocycles. The van der Waals surface area contributed by atoms with E-state index in [1.54, 1.807) is 0 Å². The molecule has 0 unspecified atom stereocenters. The number of fused-ring (bicyclic) bond motifs is 1. The van der Waals surface area contributed by atoms with Crippen molar-refractivity contribution in [2.45, 2.75) is 51.9 Å². The molecule has 5 heteroatoms. The second kappa shape index (κ2) is 7.69. The maximum atomic E-state index is 12.5. The number of amides is 1. The van der Waals surface area contributed by atoms with Crippen molar-refractivity contribution in [3.8, 4) is 0 Å². The Morgan fingerprint density at radius 2 is 1.93 bits per heavy atom. The van der Waals surface area contributed by atoms with Gasteiger partial charge in [0, 0.05) is 31.4 Å². The van der Waals surface area contributed by atoms with Crippen molar-refractivity contribution in [1.29, 1.82) is 0 Å². The van der Waals surface area contributed by atoms with E-state index in [-0.39, 0.29) is 18.1 Å². The fourth-order valence-corrected chi connectivity index (χ4v) is 4.07. The summed E-state index contributed by atoms with van der Waals surface area (Å²) >= 11 is 0. The maximum absolute atomic E-state index is 12.5. The van der Waals surface area contributed by atoms with Crippen LogP contribution in [0.1, 0.15) is 47.3 Å². The van der Waals surface area contributed by atoms with Crippen LogP contribution in [0.4, 0.5) is 5.82 Å².